The molecule has 3 heterocycles. The Kier molecular flexibility index (Phi) is 4.55. The molecule has 1 aromatic carbocycles. The number of anilines is 1. The van der Waals surface area contributed by atoms with E-state index < -0.39 is 0 Å². The summed E-state index contributed by atoms with van der Waals surface area (Å²) >= 11 is 0. The van der Waals surface area contributed by atoms with Crippen LogP contribution in [0.5, 0.6) is 0 Å². The fraction of sp³-hybridized carbons (Fsp3) is 0.263. The number of nitrogens with one attached hydrogen (secondary N) is 3. The second-order valence-corrected chi connectivity index (χ2v) is 6.32. The lowest BCUT2D eigenvalue weighted by molar-refractivity contribution is 0.122. The van der Waals surface area contributed by atoms with Crippen molar-refractivity contribution in [3.8, 4) is 11.3 Å². The van der Waals surface area contributed by atoms with Gasteiger partial charge in [-0.05, 0) is 30.3 Å². The van der Waals surface area contributed by atoms with E-state index in [1.807, 2.05) is 24.3 Å². The summed E-state index contributed by atoms with van der Waals surface area (Å²) in [6.07, 6.45) is 1.79. The van der Waals surface area contributed by atoms with Crippen molar-refractivity contribution in [1.82, 2.24) is 15.2 Å². The van der Waals surface area contributed by atoms with Crippen LogP contribution >= 0.6 is 0 Å². The molecule has 4 rings (SSSR count). The zero-order valence-corrected chi connectivity index (χ0v) is 15.0. The van der Waals surface area contributed by atoms with Crippen LogP contribution in [0.25, 0.3) is 22.2 Å². The Balaban J connectivity index is 0.00000225. The van der Waals surface area contributed by atoms with Crippen LogP contribution in [-0.2, 0) is 9.47 Å². The number of benzene rings is 1. The van der Waals surface area contributed by atoms with Crippen LogP contribution < -0.4 is 4.90 Å². The molecule has 0 amide bonds. The second kappa shape index (κ2) is 7.16. The monoisotopic (exact) mass is 366 g/mol. The van der Waals surface area contributed by atoms with E-state index >= 15 is 0 Å². The summed E-state index contributed by atoms with van der Waals surface area (Å²) in [6.45, 7) is 4.55. The molecule has 0 aliphatic carbocycles. The maximum atomic E-state index is 8.01. The number of rotatable bonds is 3. The van der Waals surface area contributed by atoms with Crippen molar-refractivity contribution in [1.29, 1.82) is 10.8 Å². The van der Waals surface area contributed by atoms with Gasteiger partial charge in [0.05, 0.1) is 18.7 Å². The highest BCUT2D eigenvalue weighted by atomic mass is 16.5. The summed E-state index contributed by atoms with van der Waals surface area (Å²) in [5.74, 6) is 0.829. The molecule has 1 aliphatic rings. The van der Waals surface area contributed by atoms with Crippen LogP contribution in [0, 0.1) is 10.8 Å². The molecular formula is C19H22N6O2. The quantitative estimate of drug-likeness (QED) is 0.487. The summed E-state index contributed by atoms with van der Waals surface area (Å²) in [7, 11) is 0. The minimum absolute atomic E-state index is 0. The Morgan fingerprint density at radius 2 is 2.04 bits per heavy atom. The second-order valence-electron chi connectivity index (χ2n) is 6.32. The van der Waals surface area contributed by atoms with Crippen LogP contribution in [-0.4, -0.2) is 53.3 Å². The Morgan fingerprint density at radius 3 is 2.81 bits per heavy atom. The zero-order valence-electron chi connectivity index (χ0n) is 15.0. The van der Waals surface area contributed by atoms with Crippen LogP contribution in [0.3, 0.4) is 0 Å². The van der Waals surface area contributed by atoms with E-state index in [9.17, 15) is 0 Å². The first-order valence-electron chi connectivity index (χ1n) is 8.71. The maximum absolute atomic E-state index is 8.01. The molecule has 0 radical (unpaired) electrons. The van der Waals surface area contributed by atoms with Gasteiger partial charge in [-0.3, -0.25) is 15.9 Å². The summed E-state index contributed by atoms with van der Waals surface area (Å²) in [5.41, 5.74) is 3.21. The van der Waals surface area contributed by atoms with Crippen molar-refractivity contribution in [2.75, 3.05) is 31.2 Å². The fourth-order valence-electron chi connectivity index (χ4n) is 3.12. The zero-order chi connectivity index (χ0) is 18.8. The van der Waals surface area contributed by atoms with Gasteiger partial charge in [0, 0.05) is 44.1 Å². The van der Waals surface area contributed by atoms with Gasteiger partial charge in [-0.1, -0.05) is 0 Å². The molecule has 1 aliphatic heterocycles. The Hall–Kier alpha value is -3.26. The first-order chi connectivity index (χ1) is 13.1. The number of hydrogen-bond donors (Lipinski definition) is 3. The molecule has 8 heteroatoms. The summed E-state index contributed by atoms with van der Waals surface area (Å²) in [4.78, 5) is 6.68. The molecule has 8 nitrogen and oxygen atoms in total. The highest BCUT2D eigenvalue weighted by Gasteiger charge is 2.16. The summed E-state index contributed by atoms with van der Waals surface area (Å²) in [6, 6.07) is 9.45. The fourth-order valence-corrected chi connectivity index (χ4v) is 3.12. The molecule has 2 aromatic heterocycles. The van der Waals surface area contributed by atoms with E-state index in [0.717, 1.165) is 41.1 Å². The van der Waals surface area contributed by atoms with Gasteiger partial charge in [0.1, 0.15) is 11.5 Å². The highest BCUT2D eigenvalue weighted by Crippen LogP contribution is 2.29. The third-order valence-corrected chi connectivity index (χ3v) is 4.43. The molecule has 0 spiro atoms. The standard InChI is InChI=1S/C19H20N6O2.H2/c1-12(20)27-19(21)14-2-3-16-15(10-14)18(24-23-16)13-4-5-22-17(11-13)25-6-8-26-9-7-25;/h2-5,10-11,20-21H,6-9H2,1H3,(H,23,24);1H. The van der Waals surface area contributed by atoms with E-state index in [2.05, 4.69) is 20.1 Å². The number of nitrogens with zero attached hydrogens (tertiary/aromatic N) is 3. The van der Waals surface area contributed by atoms with Gasteiger partial charge in [0.2, 0.25) is 5.90 Å². The Bertz CT molecular complexity index is 1010. The van der Waals surface area contributed by atoms with Crippen LogP contribution in [0.1, 0.15) is 13.9 Å². The number of ether oxygens (including phenoxy) is 2. The number of fused-ring (bicyclic) bond motifs is 1. The number of H-pyrrole nitrogens is 1. The van der Waals surface area contributed by atoms with Gasteiger partial charge in [-0.15, -0.1) is 0 Å². The Labute approximate surface area is 157 Å². The minimum atomic E-state index is -0.0553. The molecule has 0 saturated carbocycles. The predicted octanol–water partition coefficient (Wildman–Crippen LogP) is 3.05. The minimum Gasteiger partial charge on any atom is -0.426 e. The lowest BCUT2D eigenvalue weighted by atomic mass is 10.1. The molecule has 0 atom stereocenters. The molecule has 0 unspecified atom stereocenters. The van der Waals surface area contributed by atoms with Gasteiger partial charge in [-0.2, -0.15) is 5.10 Å². The average Bonchev–Trinajstić information content (AvgIpc) is 3.11. The molecule has 0 bridgehead atoms. The van der Waals surface area contributed by atoms with Gasteiger partial charge >= 0.3 is 0 Å². The van der Waals surface area contributed by atoms with Crippen molar-refractivity contribution in [3.05, 3.63) is 42.1 Å². The topological polar surface area (TPSA) is 111 Å². The summed E-state index contributed by atoms with van der Waals surface area (Å²) in [5, 5.41) is 23.8. The average molecular weight is 366 g/mol. The van der Waals surface area contributed by atoms with Gasteiger partial charge < -0.3 is 14.4 Å². The number of pyridine rings is 1. The van der Waals surface area contributed by atoms with Gasteiger partial charge in [0.25, 0.3) is 0 Å². The van der Waals surface area contributed by atoms with Crippen molar-refractivity contribution >= 4 is 28.5 Å². The van der Waals surface area contributed by atoms with Crippen LogP contribution in [0.15, 0.2) is 36.5 Å². The van der Waals surface area contributed by atoms with Crippen molar-refractivity contribution < 1.29 is 10.9 Å². The van der Waals surface area contributed by atoms with E-state index in [4.69, 9.17) is 20.3 Å². The number of aromatic amines is 1. The van der Waals surface area contributed by atoms with Crippen LogP contribution in [0.4, 0.5) is 5.82 Å². The molecule has 3 N–H and O–H groups in total. The van der Waals surface area contributed by atoms with Gasteiger partial charge in [-0.25, -0.2) is 4.98 Å². The predicted molar refractivity (Wildman–Crippen MR) is 106 cm³/mol. The van der Waals surface area contributed by atoms with Gasteiger partial charge in [0.15, 0.2) is 5.90 Å². The third kappa shape index (κ3) is 3.52. The first-order valence-corrected chi connectivity index (χ1v) is 8.71. The molecule has 1 fully saturated rings. The molecule has 3 aromatic rings. The number of hydrogen-bond acceptors (Lipinski definition) is 7. The highest BCUT2D eigenvalue weighted by molar-refractivity contribution is 6.03. The SMILES string of the molecule is CC(=N)OC(=N)c1ccc2[nH]nc(-c3ccnc(N4CCOCC4)c3)c2c1.[HH]. The number of morpholine rings is 1. The lowest BCUT2D eigenvalue weighted by Crippen LogP contribution is -2.36. The van der Waals surface area contributed by atoms with E-state index in [1.54, 1.807) is 12.3 Å². The van der Waals surface area contributed by atoms with E-state index in [1.165, 1.54) is 6.92 Å². The van der Waals surface area contributed by atoms with Crippen molar-refractivity contribution in [3.63, 3.8) is 0 Å². The van der Waals surface area contributed by atoms with Crippen LogP contribution in [0.2, 0.25) is 0 Å². The third-order valence-electron chi connectivity index (χ3n) is 4.43. The van der Waals surface area contributed by atoms with Crippen molar-refractivity contribution in [2.45, 2.75) is 6.92 Å². The lowest BCUT2D eigenvalue weighted by Gasteiger charge is -2.27. The van der Waals surface area contributed by atoms with E-state index in [-0.39, 0.29) is 13.2 Å². The molecule has 1 saturated heterocycles. The molecule has 140 valence electrons. The molecule has 27 heavy (non-hydrogen) atoms. The first kappa shape index (κ1) is 17.2. The normalized spacial score (nSPS) is 14.3. The van der Waals surface area contributed by atoms with E-state index in [0.29, 0.717) is 18.8 Å². The summed E-state index contributed by atoms with van der Waals surface area (Å²) < 4.78 is 10.5. The number of aromatic nitrogens is 3. The maximum Gasteiger partial charge on any atom is 0.220 e. The Morgan fingerprint density at radius 1 is 1.22 bits per heavy atom. The molecular weight excluding hydrogens is 344 g/mol. The largest absolute Gasteiger partial charge is 0.426 e. The smallest absolute Gasteiger partial charge is 0.220 e. The van der Waals surface area contributed by atoms with Crippen molar-refractivity contribution in [2.24, 2.45) is 0 Å².